The molecule has 0 bridgehead atoms. The molecule has 0 unspecified atom stereocenters. The lowest BCUT2D eigenvalue weighted by atomic mass is 10.1. The molecule has 126 valence electrons. The van der Waals surface area contributed by atoms with Crippen molar-refractivity contribution in [2.24, 2.45) is 0 Å². The fourth-order valence-corrected chi connectivity index (χ4v) is 4.01. The largest absolute Gasteiger partial charge is 0.333 e. The number of rotatable bonds is 2. The molecule has 0 atom stereocenters. The highest BCUT2D eigenvalue weighted by molar-refractivity contribution is 7.15. The molecule has 1 aliphatic rings. The molecule has 0 fully saturated rings. The summed E-state index contributed by atoms with van der Waals surface area (Å²) in [6.45, 7) is 1.04. The van der Waals surface area contributed by atoms with Crippen LogP contribution in [0.15, 0.2) is 48.5 Å². The third-order valence-electron chi connectivity index (χ3n) is 4.18. The molecular weight excluding hydrogens is 342 g/mol. The molecule has 2 aromatic carbocycles. The van der Waals surface area contributed by atoms with E-state index in [2.05, 4.69) is 4.98 Å². The molecule has 2 heterocycles. The van der Waals surface area contributed by atoms with E-state index in [-0.39, 0.29) is 17.5 Å². The first-order valence-corrected chi connectivity index (χ1v) is 8.71. The monoisotopic (exact) mass is 356 g/mol. The standard InChI is InChI=1S/C19H14F2N2OS/c20-14-6-4-12(5-7-14)19(24)23-9-8-16-17(11-23)25-18(22-16)13-2-1-3-15(21)10-13/h1-7,10H,8-9,11H2. The first kappa shape index (κ1) is 15.9. The Kier molecular flexibility index (Phi) is 4.05. The molecule has 3 nitrogen and oxygen atoms in total. The second kappa shape index (κ2) is 6.37. The van der Waals surface area contributed by atoms with E-state index in [9.17, 15) is 13.6 Å². The zero-order valence-corrected chi connectivity index (χ0v) is 14.0. The minimum absolute atomic E-state index is 0.119. The van der Waals surface area contributed by atoms with Gasteiger partial charge in [0, 0.05) is 29.0 Å². The topological polar surface area (TPSA) is 33.2 Å². The molecule has 1 amide bonds. The van der Waals surface area contributed by atoms with Crippen molar-refractivity contribution >= 4 is 17.2 Å². The SMILES string of the molecule is O=C(c1ccc(F)cc1)N1CCc2nc(-c3cccc(F)c3)sc2C1. The van der Waals surface area contributed by atoms with Crippen LogP contribution >= 0.6 is 11.3 Å². The van der Waals surface area contributed by atoms with Gasteiger partial charge in [-0.25, -0.2) is 13.8 Å². The molecule has 1 aliphatic heterocycles. The molecule has 1 aromatic heterocycles. The number of carbonyl (C=O) groups excluding carboxylic acids is 1. The van der Waals surface area contributed by atoms with Crippen molar-refractivity contribution in [3.8, 4) is 10.6 Å². The van der Waals surface area contributed by atoms with Crippen LogP contribution in [0.2, 0.25) is 0 Å². The summed E-state index contributed by atoms with van der Waals surface area (Å²) < 4.78 is 26.4. The van der Waals surface area contributed by atoms with Crippen LogP contribution in [0.5, 0.6) is 0 Å². The van der Waals surface area contributed by atoms with E-state index in [1.165, 1.54) is 47.7 Å². The van der Waals surface area contributed by atoms with Crippen molar-refractivity contribution in [1.29, 1.82) is 0 Å². The first-order chi connectivity index (χ1) is 12.1. The summed E-state index contributed by atoms with van der Waals surface area (Å²) in [5, 5.41) is 0.764. The van der Waals surface area contributed by atoms with Gasteiger partial charge >= 0.3 is 0 Å². The number of halogens is 2. The van der Waals surface area contributed by atoms with E-state index in [0.29, 0.717) is 25.1 Å². The molecule has 0 aliphatic carbocycles. The molecule has 3 aromatic rings. The minimum Gasteiger partial charge on any atom is -0.333 e. The molecule has 0 saturated carbocycles. The van der Waals surface area contributed by atoms with Gasteiger partial charge in [-0.3, -0.25) is 4.79 Å². The molecule has 6 heteroatoms. The lowest BCUT2D eigenvalue weighted by molar-refractivity contribution is 0.0736. The summed E-state index contributed by atoms with van der Waals surface area (Å²) in [5.41, 5.74) is 2.18. The predicted molar refractivity (Wildman–Crippen MR) is 92.4 cm³/mol. The third kappa shape index (κ3) is 3.17. The Bertz CT molecular complexity index is 937. The van der Waals surface area contributed by atoms with Crippen LogP contribution in [0.4, 0.5) is 8.78 Å². The van der Waals surface area contributed by atoms with Gasteiger partial charge in [-0.2, -0.15) is 0 Å². The number of hydrogen-bond acceptors (Lipinski definition) is 3. The van der Waals surface area contributed by atoms with Crippen molar-refractivity contribution in [2.45, 2.75) is 13.0 Å². The second-order valence-corrected chi connectivity index (χ2v) is 6.97. The van der Waals surface area contributed by atoms with E-state index in [0.717, 1.165) is 21.1 Å². The molecule has 0 spiro atoms. The fraction of sp³-hybridized carbons (Fsp3) is 0.158. The summed E-state index contributed by atoms with van der Waals surface area (Å²) in [5.74, 6) is -0.773. The van der Waals surface area contributed by atoms with Gasteiger partial charge in [0.25, 0.3) is 5.91 Å². The molecule has 25 heavy (non-hydrogen) atoms. The van der Waals surface area contributed by atoms with Crippen LogP contribution in [0.1, 0.15) is 20.9 Å². The Balaban J connectivity index is 1.57. The van der Waals surface area contributed by atoms with E-state index < -0.39 is 0 Å². The highest BCUT2D eigenvalue weighted by Crippen LogP contribution is 2.32. The number of fused-ring (bicyclic) bond motifs is 1. The Morgan fingerprint density at radius 2 is 1.88 bits per heavy atom. The Hall–Kier alpha value is -2.60. The molecule has 0 saturated heterocycles. The highest BCUT2D eigenvalue weighted by atomic mass is 32.1. The van der Waals surface area contributed by atoms with E-state index in [4.69, 9.17) is 0 Å². The van der Waals surface area contributed by atoms with Gasteiger partial charge < -0.3 is 4.90 Å². The van der Waals surface area contributed by atoms with Crippen LogP contribution in [0, 0.1) is 11.6 Å². The van der Waals surface area contributed by atoms with Crippen LogP contribution < -0.4 is 0 Å². The van der Waals surface area contributed by atoms with Crippen molar-refractivity contribution < 1.29 is 13.6 Å². The smallest absolute Gasteiger partial charge is 0.254 e. The van der Waals surface area contributed by atoms with Crippen molar-refractivity contribution in [3.63, 3.8) is 0 Å². The number of aromatic nitrogens is 1. The molecule has 0 radical (unpaired) electrons. The maximum absolute atomic E-state index is 13.4. The molecule has 4 rings (SSSR count). The number of amides is 1. The zero-order chi connectivity index (χ0) is 17.4. The normalized spacial score (nSPS) is 13.6. The van der Waals surface area contributed by atoms with Crippen LogP contribution in [0.3, 0.4) is 0 Å². The van der Waals surface area contributed by atoms with Gasteiger partial charge in [-0.05, 0) is 36.4 Å². The minimum atomic E-state index is -0.361. The van der Waals surface area contributed by atoms with E-state index >= 15 is 0 Å². The highest BCUT2D eigenvalue weighted by Gasteiger charge is 2.25. The Labute approximate surface area is 147 Å². The summed E-state index contributed by atoms with van der Waals surface area (Å²) in [6, 6.07) is 11.9. The molecule has 0 N–H and O–H groups in total. The Morgan fingerprint density at radius 1 is 1.08 bits per heavy atom. The molecular formula is C19H14F2N2OS. The Morgan fingerprint density at radius 3 is 2.64 bits per heavy atom. The average Bonchev–Trinajstić information content (AvgIpc) is 3.05. The maximum atomic E-state index is 13.4. The summed E-state index contributed by atoms with van der Waals surface area (Å²) >= 11 is 1.48. The summed E-state index contributed by atoms with van der Waals surface area (Å²) in [4.78, 5) is 19.9. The fourth-order valence-electron chi connectivity index (χ4n) is 2.89. The summed E-state index contributed by atoms with van der Waals surface area (Å²) in [6.07, 6.45) is 0.661. The van der Waals surface area contributed by atoms with Gasteiger partial charge in [0.1, 0.15) is 16.6 Å². The lowest BCUT2D eigenvalue weighted by Gasteiger charge is -2.26. The van der Waals surface area contributed by atoms with Crippen molar-refractivity contribution in [2.75, 3.05) is 6.54 Å². The predicted octanol–water partition coefficient (Wildman–Crippen LogP) is 4.29. The average molecular weight is 356 g/mol. The number of nitrogens with zero attached hydrogens (tertiary/aromatic N) is 2. The van der Waals surface area contributed by atoms with Gasteiger partial charge in [0.15, 0.2) is 0 Å². The lowest BCUT2D eigenvalue weighted by Crippen LogP contribution is -2.35. The number of hydrogen-bond donors (Lipinski definition) is 0. The first-order valence-electron chi connectivity index (χ1n) is 7.89. The summed E-state index contributed by atoms with van der Waals surface area (Å²) in [7, 11) is 0. The van der Waals surface area contributed by atoms with E-state index in [1.54, 1.807) is 11.0 Å². The van der Waals surface area contributed by atoms with Crippen molar-refractivity contribution in [1.82, 2.24) is 9.88 Å². The van der Waals surface area contributed by atoms with Crippen molar-refractivity contribution in [3.05, 3.63) is 76.3 Å². The number of benzene rings is 2. The zero-order valence-electron chi connectivity index (χ0n) is 13.2. The number of thiazole rings is 1. The quantitative estimate of drug-likeness (QED) is 0.686. The van der Waals surface area contributed by atoms with E-state index in [1.807, 2.05) is 6.07 Å². The third-order valence-corrected chi connectivity index (χ3v) is 5.31. The van der Waals surface area contributed by atoms with Crippen LogP contribution in [-0.4, -0.2) is 22.3 Å². The maximum Gasteiger partial charge on any atom is 0.254 e. The van der Waals surface area contributed by atoms with Gasteiger partial charge in [-0.1, -0.05) is 12.1 Å². The van der Waals surface area contributed by atoms with Gasteiger partial charge in [0.05, 0.1) is 12.2 Å². The van der Waals surface area contributed by atoms with Crippen LogP contribution in [0.25, 0.3) is 10.6 Å². The van der Waals surface area contributed by atoms with Crippen LogP contribution in [-0.2, 0) is 13.0 Å². The number of carbonyl (C=O) groups is 1. The second-order valence-electron chi connectivity index (χ2n) is 5.88. The van der Waals surface area contributed by atoms with Gasteiger partial charge in [-0.15, -0.1) is 11.3 Å². The van der Waals surface area contributed by atoms with Gasteiger partial charge in [0.2, 0.25) is 0 Å².